The highest BCUT2D eigenvalue weighted by molar-refractivity contribution is 6.68. The van der Waals surface area contributed by atoms with E-state index < -0.39 is 16.1 Å². The van der Waals surface area contributed by atoms with E-state index in [-0.39, 0.29) is 6.61 Å². The Morgan fingerprint density at radius 2 is 1.59 bits per heavy atom. The van der Waals surface area contributed by atoms with E-state index >= 15 is 0 Å². The number of ether oxygens (including phenoxy) is 1. The van der Waals surface area contributed by atoms with Crippen LogP contribution in [0.3, 0.4) is 0 Å². The van der Waals surface area contributed by atoms with E-state index in [1.807, 2.05) is 72.8 Å². The summed E-state index contributed by atoms with van der Waals surface area (Å²) in [6.07, 6.45) is -1.68. The molecule has 0 spiro atoms. The lowest BCUT2D eigenvalue weighted by Gasteiger charge is -2.27. The molecule has 140 valence electrons. The lowest BCUT2D eigenvalue weighted by Crippen LogP contribution is -2.49. The number of benzene rings is 3. The molecule has 3 rings (SSSR count). The Morgan fingerprint density at radius 3 is 2.33 bits per heavy atom. The van der Waals surface area contributed by atoms with E-state index in [0.717, 1.165) is 22.0 Å². The van der Waals surface area contributed by atoms with Crippen LogP contribution in [-0.2, 0) is 11.3 Å². The zero-order chi connectivity index (χ0) is 19.3. The van der Waals surface area contributed by atoms with Gasteiger partial charge >= 0.3 is 6.09 Å². The number of alkyl carbamates (subject to hydrolysis) is 1. The third-order valence-electron chi connectivity index (χ3n) is 3.89. The highest BCUT2D eigenvalue weighted by Crippen LogP contribution is 2.33. The molecule has 0 saturated carbocycles. The Hall–Kier alpha value is -2.14. The van der Waals surface area contributed by atoms with Crippen LogP contribution in [0.25, 0.3) is 10.8 Å². The Bertz CT molecular complexity index is 908. The third kappa shape index (κ3) is 5.42. The zero-order valence-electron chi connectivity index (χ0n) is 14.2. The number of carbonyl (C=O) groups is 1. The van der Waals surface area contributed by atoms with E-state index in [0.29, 0.717) is 0 Å². The molecule has 27 heavy (non-hydrogen) atoms. The van der Waals surface area contributed by atoms with Crippen molar-refractivity contribution < 1.29 is 9.53 Å². The number of carbonyl (C=O) groups excluding carboxylic acids is 1. The van der Waals surface area contributed by atoms with Crippen molar-refractivity contribution >= 4 is 57.4 Å². The maximum atomic E-state index is 12.2. The summed E-state index contributed by atoms with van der Waals surface area (Å²) in [5.74, 6) is 0. The molecule has 0 aromatic heterocycles. The molecule has 3 aromatic carbocycles. The minimum absolute atomic E-state index is 0.119. The second kappa shape index (κ2) is 8.70. The van der Waals surface area contributed by atoms with Gasteiger partial charge in [0.05, 0.1) is 0 Å². The fourth-order valence-electron chi connectivity index (χ4n) is 2.59. The Labute approximate surface area is 172 Å². The molecule has 0 aliphatic heterocycles. The van der Waals surface area contributed by atoms with Crippen molar-refractivity contribution in [2.45, 2.75) is 16.6 Å². The smallest absolute Gasteiger partial charge is 0.409 e. The summed E-state index contributed by atoms with van der Waals surface area (Å²) < 4.78 is 3.42. The number of alkyl halides is 3. The van der Waals surface area contributed by atoms with Gasteiger partial charge in [0.2, 0.25) is 3.79 Å². The average Bonchev–Trinajstić information content (AvgIpc) is 2.66. The van der Waals surface area contributed by atoms with Gasteiger partial charge in [-0.3, -0.25) is 5.32 Å². The number of halogens is 3. The molecule has 2 N–H and O–H groups in total. The first kappa shape index (κ1) is 19.6. The molecule has 1 amide bonds. The summed E-state index contributed by atoms with van der Waals surface area (Å²) in [5, 5.41) is 7.62. The van der Waals surface area contributed by atoms with Gasteiger partial charge in [-0.05, 0) is 17.0 Å². The summed E-state index contributed by atoms with van der Waals surface area (Å²) in [6.45, 7) is 0.119. The number of nitrogens with one attached hydrogen (secondary N) is 2. The van der Waals surface area contributed by atoms with Gasteiger partial charge in [0.15, 0.2) is 0 Å². The minimum atomic E-state index is -1.79. The minimum Gasteiger partial charge on any atom is -0.445 e. The Kier molecular flexibility index (Phi) is 6.32. The van der Waals surface area contributed by atoms with E-state index in [2.05, 4.69) is 10.6 Å². The van der Waals surface area contributed by atoms with Crippen LogP contribution in [0.5, 0.6) is 0 Å². The monoisotopic (exact) mass is 422 g/mol. The van der Waals surface area contributed by atoms with Crippen molar-refractivity contribution in [3.05, 3.63) is 78.4 Å². The number of anilines is 1. The van der Waals surface area contributed by atoms with Gasteiger partial charge in [0.25, 0.3) is 0 Å². The molecule has 0 fully saturated rings. The molecule has 3 aromatic rings. The van der Waals surface area contributed by atoms with Gasteiger partial charge in [-0.25, -0.2) is 4.79 Å². The normalized spacial score (nSPS) is 12.4. The van der Waals surface area contributed by atoms with Crippen LogP contribution >= 0.6 is 34.8 Å². The van der Waals surface area contributed by atoms with Crippen LogP contribution in [-0.4, -0.2) is 16.1 Å². The molecule has 0 bridgehead atoms. The van der Waals surface area contributed by atoms with Crippen molar-refractivity contribution in [1.82, 2.24) is 5.32 Å². The van der Waals surface area contributed by atoms with Gasteiger partial charge < -0.3 is 10.1 Å². The molecule has 1 atom stereocenters. The first-order valence-corrected chi connectivity index (χ1v) is 9.35. The summed E-state index contributed by atoms with van der Waals surface area (Å²) in [6, 6.07) is 22.8. The van der Waals surface area contributed by atoms with E-state index in [4.69, 9.17) is 39.5 Å². The van der Waals surface area contributed by atoms with Crippen LogP contribution in [0.4, 0.5) is 10.5 Å². The predicted octanol–water partition coefficient (Wildman–Crippen LogP) is 5.87. The third-order valence-corrected chi connectivity index (χ3v) is 4.55. The molecular formula is C20H17Cl3N2O2. The fraction of sp³-hybridized carbons (Fsp3) is 0.150. The summed E-state index contributed by atoms with van der Waals surface area (Å²) >= 11 is 18.2. The second-order valence-corrected chi connectivity index (χ2v) is 8.22. The van der Waals surface area contributed by atoms with Crippen LogP contribution < -0.4 is 10.6 Å². The van der Waals surface area contributed by atoms with Crippen LogP contribution in [0.2, 0.25) is 0 Å². The largest absolute Gasteiger partial charge is 0.445 e. The van der Waals surface area contributed by atoms with Gasteiger partial charge in [-0.15, -0.1) is 0 Å². The quantitative estimate of drug-likeness (QED) is 0.398. The topological polar surface area (TPSA) is 50.4 Å². The number of rotatable bonds is 5. The maximum absolute atomic E-state index is 12.2. The Balaban J connectivity index is 1.71. The molecular weight excluding hydrogens is 407 g/mol. The van der Waals surface area contributed by atoms with E-state index in [1.54, 1.807) is 0 Å². The number of fused-ring (bicyclic) bond motifs is 1. The van der Waals surface area contributed by atoms with Gasteiger partial charge in [0.1, 0.15) is 12.8 Å². The van der Waals surface area contributed by atoms with E-state index in [1.165, 1.54) is 0 Å². The average molecular weight is 424 g/mol. The van der Waals surface area contributed by atoms with Crippen molar-refractivity contribution in [1.29, 1.82) is 0 Å². The summed E-state index contributed by atoms with van der Waals surface area (Å²) in [4.78, 5) is 12.2. The van der Waals surface area contributed by atoms with Crippen molar-refractivity contribution in [2.75, 3.05) is 5.32 Å². The molecule has 7 heteroatoms. The summed E-state index contributed by atoms with van der Waals surface area (Å²) in [7, 11) is 0. The van der Waals surface area contributed by atoms with Crippen LogP contribution in [0.1, 0.15) is 5.56 Å². The standard InChI is InChI=1S/C20H17Cl3N2O2/c21-20(22,23)18(25-19(26)27-13-14-7-2-1-3-8-14)24-17-12-6-10-15-9-4-5-11-16(15)17/h1-12,18,24H,13H2,(H,25,26)/t18-/m0/s1. The molecule has 0 unspecified atom stereocenters. The van der Waals surface area contributed by atoms with Crippen molar-refractivity contribution in [3.8, 4) is 0 Å². The second-order valence-electron chi connectivity index (χ2n) is 5.85. The molecule has 0 heterocycles. The SMILES string of the molecule is O=C(N[C@H](Nc1cccc2ccccc12)C(Cl)(Cl)Cl)OCc1ccccc1. The first-order valence-electron chi connectivity index (χ1n) is 8.22. The van der Waals surface area contributed by atoms with E-state index in [9.17, 15) is 4.79 Å². The van der Waals surface area contributed by atoms with Gasteiger partial charge in [-0.1, -0.05) is 102 Å². The maximum Gasteiger partial charge on any atom is 0.409 e. The van der Waals surface area contributed by atoms with Crippen molar-refractivity contribution in [3.63, 3.8) is 0 Å². The Morgan fingerprint density at radius 1 is 0.926 bits per heavy atom. The molecule has 0 aliphatic carbocycles. The predicted molar refractivity (Wildman–Crippen MR) is 111 cm³/mol. The highest BCUT2D eigenvalue weighted by Gasteiger charge is 2.34. The molecule has 4 nitrogen and oxygen atoms in total. The summed E-state index contributed by atoms with van der Waals surface area (Å²) in [5.41, 5.74) is 1.59. The van der Waals surface area contributed by atoms with Crippen LogP contribution in [0.15, 0.2) is 72.8 Å². The molecule has 0 saturated heterocycles. The first-order chi connectivity index (χ1) is 12.9. The van der Waals surface area contributed by atoms with Crippen LogP contribution in [0, 0.1) is 0 Å². The molecule has 0 aliphatic rings. The molecule has 0 radical (unpaired) electrons. The van der Waals surface area contributed by atoms with Crippen molar-refractivity contribution in [2.24, 2.45) is 0 Å². The number of amides is 1. The lowest BCUT2D eigenvalue weighted by molar-refractivity contribution is 0.137. The zero-order valence-corrected chi connectivity index (χ0v) is 16.4. The highest BCUT2D eigenvalue weighted by atomic mass is 35.6. The number of hydrogen-bond donors (Lipinski definition) is 2. The van der Waals surface area contributed by atoms with Gasteiger partial charge in [-0.2, -0.15) is 0 Å². The fourth-order valence-corrected chi connectivity index (χ4v) is 2.92. The number of hydrogen-bond acceptors (Lipinski definition) is 3. The lowest BCUT2D eigenvalue weighted by atomic mass is 10.1. The van der Waals surface area contributed by atoms with Gasteiger partial charge in [0, 0.05) is 11.1 Å².